The van der Waals surface area contributed by atoms with Crippen LogP contribution in [0.5, 0.6) is 0 Å². The Kier molecular flexibility index (Phi) is 3.55. The van der Waals surface area contributed by atoms with Crippen LogP contribution < -0.4 is 0 Å². The summed E-state index contributed by atoms with van der Waals surface area (Å²) >= 11 is 0. The van der Waals surface area contributed by atoms with Crippen LogP contribution in [0.4, 0.5) is 4.39 Å². The Labute approximate surface area is 86.5 Å². The van der Waals surface area contributed by atoms with E-state index < -0.39 is 11.8 Å². The largest absolute Gasteiger partial charge is 0.481 e. The van der Waals surface area contributed by atoms with Gasteiger partial charge in [0, 0.05) is 12.0 Å². The van der Waals surface area contributed by atoms with Crippen LogP contribution in [0.1, 0.15) is 27.9 Å². The summed E-state index contributed by atoms with van der Waals surface area (Å²) in [5, 5.41) is 8.48. The number of aryl methyl sites for hydroxylation is 2. The Balaban J connectivity index is 2.99. The molecular weight excluding hydrogens is 199 g/mol. The Hall–Kier alpha value is -1.71. The number of halogens is 1. The van der Waals surface area contributed by atoms with Crippen LogP contribution in [-0.2, 0) is 11.2 Å². The lowest BCUT2D eigenvalue weighted by atomic mass is 10.0. The number of carbonyl (C=O) groups excluding carboxylic acids is 1. The third kappa shape index (κ3) is 2.87. The highest BCUT2D eigenvalue weighted by Crippen LogP contribution is 2.15. The first kappa shape index (κ1) is 11.4. The number of hydrogen-bond acceptors (Lipinski definition) is 2. The molecule has 0 fully saturated rings. The van der Waals surface area contributed by atoms with Crippen molar-refractivity contribution in [2.75, 3.05) is 0 Å². The quantitative estimate of drug-likeness (QED) is 0.773. The maximum atomic E-state index is 13.2. The van der Waals surface area contributed by atoms with Gasteiger partial charge in [-0.2, -0.15) is 0 Å². The average Bonchev–Trinajstić information content (AvgIpc) is 2.19. The molecule has 0 heterocycles. The van der Waals surface area contributed by atoms with Gasteiger partial charge in [-0.15, -0.1) is 0 Å². The predicted octanol–water partition coefficient (Wildman–Crippen LogP) is 1.96. The first-order chi connectivity index (χ1) is 7.04. The molecule has 0 spiro atoms. The second-order valence-electron chi connectivity index (χ2n) is 3.31. The van der Waals surface area contributed by atoms with Crippen LogP contribution in [0.2, 0.25) is 0 Å². The van der Waals surface area contributed by atoms with Gasteiger partial charge in [-0.3, -0.25) is 9.59 Å². The van der Waals surface area contributed by atoms with Gasteiger partial charge in [0.2, 0.25) is 0 Å². The molecule has 80 valence electrons. The van der Waals surface area contributed by atoms with Gasteiger partial charge in [0.25, 0.3) is 0 Å². The second kappa shape index (κ2) is 4.68. The molecule has 0 amide bonds. The monoisotopic (exact) mass is 210 g/mol. The van der Waals surface area contributed by atoms with Crippen molar-refractivity contribution < 1.29 is 19.1 Å². The van der Waals surface area contributed by atoms with Crippen LogP contribution in [0.25, 0.3) is 0 Å². The summed E-state index contributed by atoms with van der Waals surface area (Å²) in [6.45, 7) is 1.56. The van der Waals surface area contributed by atoms with Gasteiger partial charge in [0.05, 0.1) is 0 Å². The third-order valence-electron chi connectivity index (χ3n) is 2.16. The van der Waals surface area contributed by atoms with E-state index in [9.17, 15) is 14.0 Å². The van der Waals surface area contributed by atoms with Crippen molar-refractivity contribution in [3.63, 3.8) is 0 Å². The van der Waals surface area contributed by atoms with Crippen molar-refractivity contribution in [3.8, 4) is 0 Å². The Morgan fingerprint density at radius 3 is 2.73 bits per heavy atom. The summed E-state index contributed by atoms with van der Waals surface area (Å²) in [6, 6.07) is 2.65. The van der Waals surface area contributed by atoms with E-state index in [2.05, 4.69) is 0 Å². The maximum absolute atomic E-state index is 13.2. The minimum Gasteiger partial charge on any atom is -0.481 e. The van der Waals surface area contributed by atoms with Gasteiger partial charge in [-0.05, 0) is 36.6 Å². The van der Waals surface area contributed by atoms with Gasteiger partial charge in [0.1, 0.15) is 12.1 Å². The third-order valence-corrected chi connectivity index (χ3v) is 2.16. The van der Waals surface area contributed by atoms with Crippen molar-refractivity contribution in [2.24, 2.45) is 0 Å². The molecule has 0 radical (unpaired) electrons. The highest BCUT2D eigenvalue weighted by atomic mass is 19.1. The molecule has 1 aromatic rings. The first-order valence-electron chi connectivity index (χ1n) is 4.50. The molecule has 1 rings (SSSR count). The number of rotatable bonds is 4. The molecule has 0 aliphatic heterocycles. The lowest BCUT2D eigenvalue weighted by Crippen LogP contribution is -2.02. The zero-order valence-corrected chi connectivity index (χ0v) is 8.29. The summed E-state index contributed by atoms with van der Waals surface area (Å²) in [5.41, 5.74) is 1.18. The molecule has 0 aliphatic rings. The molecule has 0 aliphatic carbocycles. The Bertz CT molecular complexity index is 399. The van der Waals surface area contributed by atoms with Crippen molar-refractivity contribution in [1.82, 2.24) is 0 Å². The van der Waals surface area contributed by atoms with Gasteiger partial charge >= 0.3 is 5.97 Å². The van der Waals surface area contributed by atoms with Crippen molar-refractivity contribution in [2.45, 2.75) is 19.8 Å². The number of carboxylic acid groups (broad SMARTS) is 1. The average molecular weight is 210 g/mol. The topological polar surface area (TPSA) is 54.4 Å². The van der Waals surface area contributed by atoms with E-state index in [4.69, 9.17) is 5.11 Å². The first-order valence-corrected chi connectivity index (χ1v) is 4.50. The molecular formula is C11H11FO3. The van der Waals surface area contributed by atoms with Crippen molar-refractivity contribution in [1.29, 1.82) is 0 Å². The lowest BCUT2D eigenvalue weighted by molar-refractivity contribution is -0.136. The van der Waals surface area contributed by atoms with E-state index in [0.717, 1.165) is 0 Å². The molecule has 15 heavy (non-hydrogen) atoms. The maximum Gasteiger partial charge on any atom is 0.303 e. The Morgan fingerprint density at radius 1 is 1.53 bits per heavy atom. The number of aliphatic carboxylic acids is 1. The standard InChI is InChI=1S/C11H11FO3/c1-7-4-9(6-13)8(5-10(7)12)2-3-11(14)15/h4-6H,2-3H2,1H3,(H,14,15). The van der Waals surface area contributed by atoms with E-state index in [1.54, 1.807) is 6.92 Å². The molecule has 4 heteroatoms. The second-order valence-corrected chi connectivity index (χ2v) is 3.31. The smallest absolute Gasteiger partial charge is 0.303 e. The number of hydrogen-bond donors (Lipinski definition) is 1. The summed E-state index contributed by atoms with van der Waals surface area (Å²) in [4.78, 5) is 21.0. The van der Waals surface area contributed by atoms with Crippen LogP contribution in [0.3, 0.4) is 0 Å². The zero-order chi connectivity index (χ0) is 11.4. The fourth-order valence-corrected chi connectivity index (χ4v) is 1.31. The minimum absolute atomic E-state index is 0.108. The number of carbonyl (C=O) groups is 2. The molecule has 0 atom stereocenters. The van der Waals surface area contributed by atoms with Gasteiger partial charge < -0.3 is 5.11 Å². The summed E-state index contributed by atoms with van der Waals surface area (Å²) in [7, 11) is 0. The molecule has 0 bridgehead atoms. The number of aldehydes is 1. The highest BCUT2D eigenvalue weighted by molar-refractivity contribution is 5.78. The lowest BCUT2D eigenvalue weighted by Gasteiger charge is -2.05. The van der Waals surface area contributed by atoms with Gasteiger partial charge in [-0.1, -0.05) is 0 Å². The molecule has 1 N–H and O–H groups in total. The summed E-state index contributed by atoms with van der Waals surface area (Å²) in [6.07, 6.45) is 0.674. The summed E-state index contributed by atoms with van der Waals surface area (Å²) < 4.78 is 13.2. The van der Waals surface area contributed by atoms with Gasteiger partial charge in [-0.25, -0.2) is 4.39 Å². The molecule has 0 saturated carbocycles. The van der Waals surface area contributed by atoms with Crippen molar-refractivity contribution >= 4 is 12.3 Å². The number of carboxylic acids is 1. The fourth-order valence-electron chi connectivity index (χ4n) is 1.31. The summed E-state index contributed by atoms with van der Waals surface area (Å²) in [5.74, 6) is -1.38. The van der Waals surface area contributed by atoms with E-state index in [-0.39, 0.29) is 12.8 Å². The van der Waals surface area contributed by atoms with Crippen LogP contribution >= 0.6 is 0 Å². The molecule has 0 unspecified atom stereocenters. The SMILES string of the molecule is Cc1cc(C=O)c(CCC(=O)O)cc1F. The zero-order valence-electron chi connectivity index (χ0n) is 8.29. The highest BCUT2D eigenvalue weighted by Gasteiger charge is 2.08. The van der Waals surface area contributed by atoms with Gasteiger partial charge in [0.15, 0.2) is 0 Å². The number of benzene rings is 1. The molecule has 0 saturated heterocycles. The molecule has 3 nitrogen and oxygen atoms in total. The molecule has 0 aromatic heterocycles. The van der Waals surface area contributed by atoms with E-state index in [0.29, 0.717) is 23.0 Å². The van der Waals surface area contributed by atoms with Crippen LogP contribution in [-0.4, -0.2) is 17.4 Å². The van der Waals surface area contributed by atoms with E-state index in [1.165, 1.54) is 12.1 Å². The minimum atomic E-state index is -0.965. The van der Waals surface area contributed by atoms with E-state index in [1.807, 2.05) is 0 Å². The normalized spacial score (nSPS) is 10.0. The fraction of sp³-hybridized carbons (Fsp3) is 0.273. The van der Waals surface area contributed by atoms with Crippen LogP contribution in [0.15, 0.2) is 12.1 Å². The van der Waals surface area contributed by atoms with E-state index >= 15 is 0 Å². The van der Waals surface area contributed by atoms with Crippen LogP contribution in [0, 0.1) is 12.7 Å². The predicted molar refractivity (Wildman–Crippen MR) is 52.5 cm³/mol. The Morgan fingerprint density at radius 2 is 2.20 bits per heavy atom. The molecule has 1 aromatic carbocycles. The van der Waals surface area contributed by atoms with Crippen molar-refractivity contribution in [3.05, 3.63) is 34.6 Å².